The second-order valence-electron chi connectivity index (χ2n) is 5.44. The van der Waals surface area contributed by atoms with Gasteiger partial charge >= 0.3 is 0 Å². The molecule has 0 saturated heterocycles. The molecule has 1 atom stereocenters. The lowest BCUT2D eigenvalue weighted by molar-refractivity contribution is 0.339. The van der Waals surface area contributed by atoms with Crippen molar-refractivity contribution in [2.75, 3.05) is 24.7 Å². The molecule has 0 fully saturated rings. The second-order valence-corrected chi connectivity index (χ2v) is 6.52. The van der Waals surface area contributed by atoms with Crippen LogP contribution in [0.15, 0.2) is 24.3 Å². The molecule has 0 aliphatic carbocycles. The van der Waals surface area contributed by atoms with Crippen LogP contribution in [-0.4, -0.2) is 24.7 Å². The number of nitrogens with one attached hydrogen (secondary N) is 1. The molecule has 1 aromatic carbocycles. The highest BCUT2D eigenvalue weighted by Gasteiger charge is 2.12. The molecule has 0 saturated carbocycles. The zero-order chi connectivity index (χ0) is 14.8. The normalized spacial score (nSPS) is 12.7. The van der Waals surface area contributed by atoms with E-state index < -0.39 is 0 Å². The molecule has 114 valence electrons. The van der Waals surface area contributed by atoms with Gasteiger partial charge in [-0.2, -0.15) is 11.8 Å². The monoisotopic (exact) mass is 295 g/mol. The van der Waals surface area contributed by atoms with E-state index in [2.05, 4.69) is 44.3 Å². The van der Waals surface area contributed by atoms with E-state index in [1.54, 1.807) is 0 Å². The van der Waals surface area contributed by atoms with Crippen LogP contribution in [0.2, 0.25) is 0 Å². The van der Waals surface area contributed by atoms with E-state index in [1.807, 2.05) is 24.8 Å². The van der Waals surface area contributed by atoms with Crippen molar-refractivity contribution in [1.29, 1.82) is 0 Å². The Hall–Kier alpha value is -0.670. The molecule has 0 aromatic heterocycles. The standard InChI is InChI=1S/C17H29NOS/c1-5-10-18-17(13-20-12-14(3)4)15-8-7-9-16(11-15)19-6-2/h7-9,11,14,17-18H,5-6,10,12-13H2,1-4H3. The van der Waals surface area contributed by atoms with E-state index in [1.165, 1.54) is 11.3 Å². The third-order valence-electron chi connectivity index (χ3n) is 2.95. The SMILES string of the molecule is CCCNC(CSCC(C)C)c1cccc(OCC)c1. The van der Waals surface area contributed by atoms with Crippen LogP contribution in [0.25, 0.3) is 0 Å². The van der Waals surface area contributed by atoms with Gasteiger partial charge in [-0.15, -0.1) is 0 Å². The molecule has 1 N–H and O–H groups in total. The number of rotatable bonds is 10. The summed E-state index contributed by atoms with van der Waals surface area (Å²) >= 11 is 2.03. The van der Waals surface area contributed by atoms with Crippen LogP contribution < -0.4 is 10.1 Å². The fourth-order valence-electron chi connectivity index (χ4n) is 2.00. The lowest BCUT2D eigenvalue weighted by atomic mass is 10.1. The summed E-state index contributed by atoms with van der Waals surface area (Å²) in [5, 5.41) is 3.65. The van der Waals surface area contributed by atoms with Crippen molar-refractivity contribution >= 4 is 11.8 Å². The topological polar surface area (TPSA) is 21.3 Å². The van der Waals surface area contributed by atoms with Gasteiger partial charge in [0.05, 0.1) is 6.61 Å². The molecule has 1 unspecified atom stereocenters. The Morgan fingerprint density at radius 1 is 1.20 bits per heavy atom. The minimum Gasteiger partial charge on any atom is -0.494 e. The summed E-state index contributed by atoms with van der Waals surface area (Å²) < 4.78 is 5.61. The first kappa shape index (κ1) is 17.4. The van der Waals surface area contributed by atoms with Crippen molar-refractivity contribution in [2.24, 2.45) is 5.92 Å². The molecule has 0 aliphatic rings. The maximum absolute atomic E-state index is 5.61. The lowest BCUT2D eigenvalue weighted by Gasteiger charge is -2.20. The summed E-state index contributed by atoms with van der Waals surface area (Å²) in [5.41, 5.74) is 1.33. The molecule has 1 rings (SSSR count). The fraction of sp³-hybridized carbons (Fsp3) is 0.647. The highest BCUT2D eigenvalue weighted by molar-refractivity contribution is 7.99. The quantitative estimate of drug-likeness (QED) is 0.686. The Kier molecular flexibility index (Phi) is 8.79. The van der Waals surface area contributed by atoms with Gasteiger partial charge in [-0.1, -0.05) is 32.9 Å². The first-order valence-corrected chi connectivity index (χ1v) is 8.86. The maximum Gasteiger partial charge on any atom is 0.119 e. The Morgan fingerprint density at radius 2 is 2.00 bits per heavy atom. The molecule has 0 heterocycles. The molecule has 3 heteroatoms. The van der Waals surface area contributed by atoms with E-state index in [9.17, 15) is 0 Å². The minimum atomic E-state index is 0.416. The zero-order valence-electron chi connectivity index (χ0n) is 13.3. The van der Waals surface area contributed by atoms with E-state index in [0.717, 1.165) is 37.0 Å². The largest absolute Gasteiger partial charge is 0.494 e. The Balaban J connectivity index is 2.67. The zero-order valence-corrected chi connectivity index (χ0v) is 14.1. The smallest absolute Gasteiger partial charge is 0.119 e. The van der Waals surface area contributed by atoms with Gasteiger partial charge in [0.15, 0.2) is 0 Å². The van der Waals surface area contributed by atoms with Crippen LogP contribution in [0.5, 0.6) is 5.75 Å². The molecule has 2 nitrogen and oxygen atoms in total. The van der Waals surface area contributed by atoms with Crippen LogP contribution in [0.1, 0.15) is 45.7 Å². The predicted molar refractivity (Wildman–Crippen MR) is 90.8 cm³/mol. The van der Waals surface area contributed by atoms with Gasteiger partial charge in [-0.05, 0) is 49.3 Å². The molecular weight excluding hydrogens is 266 g/mol. The molecule has 1 aromatic rings. The van der Waals surface area contributed by atoms with E-state index in [0.29, 0.717) is 6.04 Å². The minimum absolute atomic E-state index is 0.416. The Labute approximate surface area is 128 Å². The fourth-order valence-corrected chi connectivity index (χ4v) is 3.15. The van der Waals surface area contributed by atoms with Gasteiger partial charge in [-0.25, -0.2) is 0 Å². The molecule has 0 aliphatic heterocycles. The number of benzene rings is 1. The first-order valence-electron chi connectivity index (χ1n) is 7.71. The maximum atomic E-state index is 5.61. The van der Waals surface area contributed by atoms with Gasteiger partial charge in [0.2, 0.25) is 0 Å². The second kappa shape index (κ2) is 10.1. The summed E-state index contributed by atoms with van der Waals surface area (Å²) in [6.45, 7) is 10.6. The number of ether oxygens (including phenoxy) is 1. The van der Waals surface area contributed by atoms with E-state index in [-0.39, 0.29) is 0 Å². The molecular formula is C17H29NOS. The number of hydrogen-bond acceptors (Lipinski definition) is 3. The summed E-state index contributed by atoms with van der Waals surface area (Å²) in [6, 6.07) is 8.91. The molecule has 20 heavy (non-hydrogen) atoms. The van der Waals surface area contributed by atoms with Gasteiger partial charge in [-0.3, -0.25) is 0 Å². The third-order valence-corrected chi connectivity index (χ3v) is 4.42. The molecule has 0 radical (unpaired) electrons. The van der Waals surface area contributed by atoms with Gasteiger partial charge in [0, 0.05) is 11.8 Å². The predicted octanol–water partition coefficient (Wildman–Crippen LogP) is 4.52. The van der Waals surface area contributed by atoms with Crippen molar-refractivity contribution in [3.8, 4) is 5.75 Å². The summed E-state index contributed by atoms with van der Waals surface area (Å²) in [4.78, 5) is 0. The summed E-state index contributed by atoms with van der Waals surface area (Å²) in [6.07, 6.45) is 1.16. The van der Waals surface area contributed by atoms with Crippen LogP contribution in [0, 0.1) is 5.92 Å². The van der Waals surface area contributed by atoms with Gasteiger partial charge in [0.25, 0.3) is 0 Å². The van der Waals surface area contributed by atoms with Crippen LogP contribution in [-0.2, 0) is 0 Å². The first-order chi connectivity index (χ1) is 9.67. The average Bonchev–Trinajstić information content (AvgIpc) is 2.43. The molecule has 0 spiro atoms. The summed E-state index contributed by atoms with van der Waals surface area (Å²) in [7, 11) is 0. The highest BCUT2D eigenvalue weighted by Crippen LogP contribution is 2.23. The Bertz CT molecular complexity index is 368. The van der Waals surface area contributed by atoms with Crippen molar-refractivity contribution in [2.45, 2.75) is 40.2 Å². The van der Waals surface area contributed by atoms with Crippen molar-refractivity contribution in [3.63, 3.8) is 0 Å². The van der Waals surface area contributed by atoms with Crippen molar-refractivity contribution in [3.05, 3.63) is 29.8 Å². The third kappa shape index (κ3) is 6.67. The van der Waals surface area contributed by atoms with E-state index in [4.69, 9.17) is 4.74 Å². The number of thioether (sulfide) groups is 1. The lowest BCUT2D eigenvalue weighted by Crippen LogP contribution is -2.24. The Morgan fingerprint density at radius 3 is 2.65 bits per heavy atom. The number of hydrogen-bond donors (Lipinski definition) is 1. The van der Waals surface area contributed by atoms with Crippen LogP contribution in [0.4, 0.5) is 0 Å². The van der Waals surface area contributed by atoms with Crippen LogP contribution in [0.3, 0.4) is 0 Å². The highest BCUT2D eigenvalue weighted by atomic mass is 32.2. The molecule has 0 bridgehead atoms. The molecule has 0 amide bonds. The van der Waals surface area contributed by atoms with Crippen LogP contribution >= 0.6 is 11.8 Å². The average molecular weight is 295 g/mol. The van der Waals surface area contributed by atoms with Gasteiger partial charge in [0.1, 0.15) is 5.75 Å². The van der Waals surface area contributed by atoms with E-state index >= 15 is 0 Å². The van der Waals surface area contributed by atoms with Gasteiger partial charge < -0.3 is 10.1 Å². The van der Waals surface area contributed by atoms with Crippen molar-refractivity contribution in [1.82, 2.24) is 5.32 Å². The van der Waals surface area contributed by atoms with Crippen molar-refractivity contribution < 1.29 is 4.74 Å². The summed E-state index contributed by atoms with van der Waals surface area (Å²) in [5.74, 6) is 4.06.